The zero-order valence-corrected chi connectivity index (χ0v) is 18.7. The Hall–Kier alpha value is -1.97. The van der Waals surface area contributed by atoms with Crippen molar-refractivity contribution in [3.8, 4) is 0 Å². The van der Waals surface area contributed by atoms with Gasteiger partial charge in [-0.05, 0) is 30.2 Å². The number of carbonyl (C=O) groups is 1. The van der Waals surface area contributed by atoms with Crippen LogP contribution in [0, 0.1) is 0 Å². The van der Waals surface area contributed by atoms with Crippen molar-refractivity contribution in [3.63, 3.8) is 0 Å². The molecule has 166 valence electrons. The highest BCUT2D eigenvalue weighted by molar-refractivity contribution is 7.89. The molecule has 0 bridgehead atoms. The molecule has 1 N–H and O–H groups in total. The first-order valence-corrected chi connectivity index (χ1v) is 12.2. The predicted octanol–water partition coefficient (Wildman–Crippen LogP) is 2.37. The van der Waals surface area contributed by atoms with E-state index in [4.69, 9.17) is 16.3 Å². The Morgan fingerprint density at radius 1 is 1.10 bits per heavy atom. The second-order valence-corrected chi connectivity index (χ2v) is 10.2. The zero-order chi connectivity index (χ0) is 21.8. The molecular formula is C22H26ClN3O4S. The van der Waals surface area contributed by atoms with Crippen LogP contribution in [0.25, 0.3) is 0 Å². The average molecular weight is 464 g/mol. The maximum Gasteiger partial charge on any atom is 0.253 e. The zero-order valence-electron chi connectivity index (χ0n) is 17.2. The highest BCUT2D eigenvalue weighted by Gasteiger charge is 2.29. The summed E-state index contributed by atoms with van der Waals surface area (Å²) in [5.41, 5.74) is 1.41. The summed E-state index contributed by atoms with van der Waals surface area (Å²) in [4.78, 5) is 15.3. The van der Waals surface area contributed by atoms with E-state index in [-0.39, 0.29) is 27.4 Å². The number of hydrogen-bond acceptors (Lipinski definition) is 5. The van der Waals surface area contributed by atoms with E-state index in [0.29, 0.717) is 26.3 Å². The third kappa shape index (κ3) is 5.27. The second-order valence-electron chi connectivity index (χ2n) is 7.84. The fraction of sp³-hybridized carbons (Fsp3) is 0.409. The van der Waals surface area contributed by atoms with Crippen LogP contribution in [0.2, 0.25) is 5.02 Å². The first-order valence-electron chi connectivity index (χ1n) is 10.4. The number of ether oxygens (including phenoxy) is 1. The molecule has 0 saturated carbocycles. The van der Waals surface area contributed by atoms with E-state index >= 15 is 0 Å². The monoisotopic (exact) mass is 463 g/mol. The van der Waals surface area contributed by atoms with Crippen LogP contribution in [0.15, 0.2) is 53.4 Å². The molecule has 2 aliphatic rings. The number of likely N-dealkylation sites (tertiary alicyclic amines) is 1. The number of benzene rings is 2. The highest BCUT2D eigenvalue weighted by atomic mass is 35.5. The Morgan fingerprint density at radius 3 is 2.58 bits per heavy atom. The van der Waals surface area contributed by atoms with Gasteiger partial charge in [-0.25, -0.2) is 8.42 Å². The molecule has 1 amide bonds. The molecule has 0 aliphatic carbocycles. The molecule has 2 fully saturated rings. The van der Waals surface area contributed by atoms with Crippen LogP contribution in [-0.4, -0.2) is 69.0 Å². The Bertz CT molecular complexity index is 1030. The van der Waals surface area contributed by atoms with Gasteiger partial charge in [0, 0.05) is 38.8 Å². The Labute approximate surface area is 188 Å². The van der Waals surface area contributed by atoms with Crippen LogP contribution >= 0.6 is 11.6 Å². The van der Waals surface area contributed by atoms with Crippen LogP contribution in [0.5, 0.6) is 0 Å². The second kappa shape index (κ2) is 9.67. The topological polar surface area (TPSA) is 79.0 Å². The van der Waals surface area contributed by atoms with E-state index in [9.17, 15) is 13.2 Å². The van der Waals surface area contributed by atoms with E-state index in [1.165, 1.54) is 28.1 Å². The van der Waals surface area contributed by atoms with Gasteiger partial charge in [0.2, 0.25) is 10.0 Å². The van der Waals surface area contributed by atoms with Gasteiger partial charge in [0.25, 0.3) is 5.91 Å². The van der Waals surface area contributed by atoms with E-state index in [2.05, 4.69) is 22.3 Å². The molecule has 2 saturated heterocycles. The number of rotatable bonds is 6. The summed E-state index contributed by atoms with van der Waals surface area (Å²) in [5.74, 6) is -0.351. The molecule has 4 rings (SSSR count). The maximum absolute atomic E-state index is 12.9. The lowest BCUT2D eigenvalue weighted by Crippen LogP contribution is -2.40. The quantitative estimate of drug-likeness (QED) is 0.711. The molecule has 2 aromatic rings. The number of nitrogens with one attached hydrogen (secondary N) is 1. The van der Waals surface area contributed by atoms with Gasteiger partial charge in [0.05, 0.1) is 28.7 Å². The van der Waals surface area contributed by atoms with Gasteiger partial charge >= 0.3 is 0 Å². The summed E-state index contributed by atoms with van der Waals surface area (Å²) >= 11 is 6.25. The summed E-state index contributed by atoms with van der Waals surface area (Å²) in [6.07, 6.45) is 0.835. The summed E-state index contributed by atoms with van der Waals surface area (Å²) < 4.78 is 32.5. The van der Waals surface area contributed by atoms with Crippen molar-refractivity contribution >= 4 is 27.5 Å². The Morgan fingerprint density at radius 2 is 1.84 bits per heavy atom. The largest absolute Gasteiger partial charge is 0.379 e. The molecule has 2 aliphatic heterocycles. The summed E-state index contributed by atoms with van der Waals surface area (Å²) in [6, 6.07) is 14.5. The molecule has 1 atom stereocenters. The average Bonchev–Trinajstić information content (AvgIpc) is 3.21. The molecule has 0 radical (unpaired) electrons. The fourth-order valence-corrected chi connectivity index (χ4v) is 5.61. The molecule has 7 nitrogen and oxygen atoms in total. The van der Waals surface area contributed by atoms with Crippen molar-refractivity contribution in [2.24, 2.45) is 0 Å². The fourth-order valence-electron chi connectivity index (χ4n) is 3.97. The normalized spacial score (nSPS) is 20.6. The van der Waals surface area contributed by atoms with Crippen molar-refractivity contribution < 1.29 is 17.9 Å². The van der Waals surface area contributed by atoms with Crippen LogP contribution < -0.4 is 5.32 Å². The Kier molecular flexibility index (Phi) is 6.93. The predicted molar refractivity (Wildman–Crippen MR) is 119 cm³/mol. The Balaban J connectivity index is 1.42. The lowest BCUT2D eigenvalue weighted by molar-refractivity contribution is 0.0730. The first-order chi connectivity index (χ1) is 14.9. The lowest BCUT2D eigenvalue weighted by atomic mass is 10.2. The number of nitrogens with zero attached hydrogens (tertiary/aromatic N) is 2. The minimum atomic E-state index is -3.70. The third-order valence-corrected chi connectivity index (χ3v) is 7.87. The first kappa shape index (κ1) is 22.2. The molecule has 9 heteroatoms. The maximum atomic E-state index is 12.9. The van der Waals surface area contributed by atoms with Crippen LogP contribution in [0.4, 0.5) is 0 Å². The molecule has 2 aromatic carbocycles. The van der Waals surface area contributed by atoms with E-state index in [1.807, 2.05) is 18.2 Å². The van der Waals surface area contributed by atoms with Crippen molar-refractivity contribution in [2.45, 2.75) is 23.9 Å². The molecule has 0 aromatic heterocycles. The summed E-state index contributed by atoms with van der Waals surface area (Å²) in [7, 11) is -3.70. The molecular weight excluding hydrogens is 438 g/mol. The van der Waals surface area contributed by atoms with Crippen molar-refractivity contribution in [3.05, 3.63) is 64.7 Å². The number of morpholine rings is 1. The summed E-state index contributed by atoms with van der Waals surface area (Å²) in [5, 5.41) is 3.25. The number of halogens is 1. The standard InChI is InChI=1S/C22H26ClN3O4S/c23-21-7-6-19(31(28,29)26-10-12-30-13-11-26)14-20(21)22(27)24-18-8-9-25(16-18)15-17-4-2-1-3-5-17/h1-7,14,18H,8-13,15-16H2,(H,24,27)/t18-/m1/s1. The van der Waals surface area contributed by atoms with E-state index < -0.39 is 10.0 Å². The van der Waals surface area contributed by atoms with Crippen LogP contribution in [0.1, 0.15) is 22.3 Å². The molecule has 31 heavy (non-hydrogen) atoms. The summed E-state index contributed by atoms with van der Waals surface area (Å²) in [6.45, 7) is 3.78. The van der Waals surface area contributed by atoms with Gasteiger partial charge < -0.3 is 10.1 Å². The van der Waals surface area contributed by atoms with Gasteiger partial charge in [-0.3, -0.25) is 9.69 Å². The molecule has 2 heterocycles. The number of sulfonamides is 1. The minimum absolute atomic E-state index is 0.00761. The van der Waals surface area contributed by atoms with Gasteiger partial charge in [-0.1, -0.05) is 41.9 Å². The van der Waals surface area contributed by atoms with Crippen LogP contribution in [-0.2, 0) is 21.3 Å². The van der Waals surface area contributed by atoms with Gasteiger partial charge in [0.15, 0.2) is 0 Å². The lowest BCUT2D eigenvalue weighted by Gasteiger charge is -2.26. The van der Waals surface area contributed by atoms with E-state index in [1.54, 1.807) is 0 Å². The molecule has 0 unspecified atom stereocenters. The number of hydrogen-bond donors (Lipinski definition) is 1. The highest BCUT2D eigenvalue weighted by Crippen LogP contribution is 2.24. The third-order valence-electron chi connectivity index (χ3n) is 5.65. The SMILES string of the molecule is O=C(N[C@@H]1CCN(Cc2ccccc2)C1)c1cc(S(=O)(=O)N2CCOCC2)ccc1Cl. The van der Waals surface area contributed by atoms with Crippen molar-refractivity contribution in [1.82, 2.24) is 14.5 Å². The smallest absolute Gasteiger partial charge is 0.253 e. The minimum Gasteiger partial charge on any atom is -0.379 e. The van der Waals surface area contributed by atoms with Crippen molar-refractivity contribution in [1.29, 1.82) is 0 Å². The van der Waals surface area contributed by atoms with Gasteiger partial charge in [0.1, 0.15) is 0 Å². The number of carbonyl (C=O) groups excluding carboxylic acids is 1. The number of amides is 1. The van der Waals surface area contributed by atoms with E-state index in [0.717, 1.165) is 26.1 Å². The van der Waals surface area contributed by atoms with Gasteiger partial charge in [-0.15, -0.1) is 0 Å². The molecule has 0 spiro atoms. The van der Waals surface area contributed by atoms with Crippen LogP contribution in [0.3, 0.4) is 0 Å². The van der Waals surface area contributed by atoms with Gasteiger partial charge in [-0.2, -0.15) is 4.31 Å². The van der Waals surface area contributed by atoms with Crippen molar-refractivity contribution in [2.75, 3.05) is 39.4 Å².